The van der Waals surface area contributed by atoms with E-state index < -0.39 is 5.97 Å². The molecule has 0 radical (unpaired) electrons. The van der Waals surface area contributed by atoms with Gasteiger partial charge in [-0.3, -0.25) is 4.68 Å². The maximum atomic E-state index is 13.0. The summed E-state index contributed by atoms with van der Waals surface area (Å²) in [4.78, 5) is 15.9. The van der Waals surface area contributed by atoms with E-state index in [9.17, 15) is 9.18 Å². The maximum absolute atomic E-state index is 13.0. The highest BCUT2D eigenvalue weighted by molar-refractivity contribution is 6.15. The first-order valence-corrected chi connectivity index (χ1v) is 7.45. The average molecular weight is 342 g/mol. The summed E-state index contributed by atoms with van der Waals surface area (Å²) in [6, 6.07) is 5.74. The minimum absolute atomic E-state index is 0.175. The van der Waals surface area contributed by atoms with Gasteiger partial charge in [-0.15, -0.1) is 5.10 Å². The quantitative estimate of drug-likeness (QED) is 0.497. The Morgan fingerprint density at radius 1 is 1.32 bits per heavy atom. The van der Waals surface area contributed by atoms with Crippen LogP contribution in [0, 0.1) is 5.82 Å². The Labute approximate surface area is 142 Å². The van der Waals surface area contributed by atoms with Crippen molar-refractivity contribution in [2.24, 2.45) is 0 Å². The zero-order chi connectivity index (χ0) is 17.6. The van der Waals surface area contributed by atoms with Crippen molar-refractivity contribution in [1.82, 2.24) is 29.8 Å². The second-order valence-electron chi connectivity index (χ2n) is 5.14. The summed E-state index contributed by atoms with van der Waals surface area (Å²) in [6.45, 7) is 0.591. The third kappa shape index (κ3) is 4.14. The molecule has 0 fully saturated rings. The third-order valence-electron chi connectivity index (χ3n) is 3.42. The second-order valence-corrected chi connectivity index (χ2v) is 5.14. The summed E-state index contributed by atoms with van der Waals surface area (Å²) in [7, 11) is 1.28. The minimum atomic E-state index is -0.572. The Hall–Kier alpha value is -3.36. The van der Waals surface area contributed by atoms with Gasteiger partial charge in [0.2, 0.25) is 0 Å². The number of halogens is 1. The predicted octanol–water partition coefficient (Wildman–Crippen LogP) is 1.42. The van der Waals surface area contributed by atoms with Gasteiger partial charge in [-0.1, -0.05) is 17.3 Å². The number of esters is 1. The van der Waals surface area contributed by atoms with E-state index in [1.54, 1.807) is 35.4 Å². The van der Waals surface area contributed by atoms with Crippen molar-refractivity contribution < 1.29 is 13.9 Å². The predicted molar refractivity (Wildman–Crippen MR) is 86.3 cm³/mol. The van der Waals surface area contributed by atoms with Crippen molar-refractivity contribution in [2.45, 2.75) is 13.0 Å². The highest BCUT2D eigenvalue weighted by atomic mass is 19.1. The molecular weight excluding hydrogens is 327 g/mol. The molecule has 3 aromatic rings. The van der Waals surface area contributed by atoms with Gasteiger partial charge in [-0.25, -0.2) is 18.9 Å². The molecule has 0 aliphatic carbocycles. The molecule has 0 saturated heterocycles. The van der Waals surface area contributed by atoms with Gasteiger partial charge in [0.25, 0.3) is 0 Å². The summed E-state index contributed by atoms with van der Waals surface area (Å²) in [6.07, 6.45) is 6.84. The molecule has 0 unspecified atom stereocenters. The monoisotopic (exact) mass is 342 g/mol. The smallest absolute Gasteiger partial charge is 0.356 e. The summed E-state index contributed by atoms with van der Waals surface area (Å²) in [5, 5.41) is 12.0. The number of hydrogen-bond acceptors (Lipinski definition) is 6. The second kappa shape index (κ2) is 7.47. The number of ether oxygens (including phenoxy) is 1. The number of rotatable bonds is 6. The van der Waals surface area contributed by atoms with E-state index in [0.29, 0.717) is 24.2 Å². The number of benzene rings is 1. The first-order chi connectivity index (χ1) is 12.2. The van der Waals surface area contributed by atoms with Crippen LogP contribution in [-0.4, -0.2) is 42.8 Å². The molecule has 2 aromatic heterocycles. The number of hydrogen-bond donors (Lipinski definition) is 0. The number of aryl methyl sites for hydroxylation is 2. The zero-order valence-electron chi connectivity index (χ0n) is 13.4. The van der Waals surface area contributed by atoms with E-state index in [4.69, 9.17) is 4.74 Å². The average Bonchev–Trinajstić information content (AvgIpc) is 3.30. The van der Waals surface area contributed by atoms with Crippen LogP contribution in [0.15, 0.2) is 43.1 Å². The fourth-order valence-electron chi connectivity index (χ4n) is 2.15. The van der Waals surface area contributed by atoms with Crippen LogP contribution in [0.2, 0.25) is 0 Å². The third-order valence-corrected chi connectivity index (χ3v) is 3.42. The van der Waals surface area contributed by atoms with E-state index in [-0.39, 0.29) is 11.5 Å². The fourth-order valence-corrected chi connectivity index (χ4v) is 2.15. The number of nitrogens with zero attached hydrogens (tertiary/aromatic N) is 6. The summed E-state index contributed by atoms with van der Waals surface area (Å²) >= 11 is 0. The van der Waals surface area contributed by atoms with Gasteiger partial charge in [0.15, 0.2) is 5.70 Å². The van der Waals surface area contributed by atoms with Crippen LogP contribution in [0.4, 0.5) is 4.39 Å². The number of aromatic nitrogens is 6. The van der Waals surface area contributed by atoms with Crippen molar-refractivity contribution in [3.8, 4) is 0 Å². The van der Waals surface area contributed by atoms with Crippen LogP contribution in [-0.2, 0) is 22.5 Å². The lowest BCUT2D eigenvalue weighted by atomic mass is 10.2. The Balaban J connectivity index is 1.81. The number of carbonyl (C=O) groups excluding carboxylic acids is 1. The van der Waals surface area contributed by atoms with Gasteiger partial charge in [0.1, 0.15) is 18.5 Å². The van der Waals surface area contributed by atoms with E-state index in [1.807, 2.05) is 0 Å². The molecule has 0 N–H and O–H groups in total. The highest BCUT2D eigenvalue weighted by Crippen LogP contribution is 2.14. The van der Waals surface area contributed by atoms with Crippen LogP contribution in [0.1, 0.15) is 11.3 Å². The molecule has 3 rings (SSSR count). The molecule has 0 saturated carbocycles. The van der Waals surface area contributed by atoms with Gasteiger partial charge in [-0.05, 0) is 23.8 Å². The topological polar surface area (TPSA) is 87.7 Å². The lowest BCUT2D eigenvalue weighted by Gasteiger charge is -2.05. The molecule has 0 aliphatic heterocycles. The van der Waals surface area contributed by atoms with Gasteiger partial charge >= 0.3 is 5.97 Å². The Morgan fingerprint density at radius 2 is 2.12 bits per heavy atom. The normalized spacial score (nSPS) is 11.5. The van der Waals surface area contributed by atoms with E-state index >= 15 is 0 Å². The van der Waals surface area contributed by atoms with Crippen LogP contribution < -0.4 is 0 Å². The van der Waals surface area contributed by atoms with E-state index in [0.717, 1.165) is 0 Å². The molecule has 9 heteroatoms. The van der Waals surface area contributed by atoms with Crippen molar-refractivity contribution >= 4 is 17.7 Å². The molecule has 25 heavy (non-hydrogen) atoms. The Morgan fingerprint density at radius 3 is 2.80 bits per heavy atom. The molecule has 128 valence electrons. The van der Waals surface area contributed by atoms with Crippen LogP contribution in [0.5, 0.6) is 0 Å². The molecule has 8 nitrogen and oxygen atoms in total. The fraction of sp³-hybridized carbons (Fsp3) is 0.188. The molecule has 0 aliphatic rings. The molecule has 0 atom stereocenters. The van der Waals surface area contributed by atoms with E-state index in [1.165, 1.54) is 30.3 Å². The first kappa shape index (κ1) is 16.5. The van der Waals surface area contributed by atoms with Crippen molar-refractivity contribution in [1.29, 1.82) is 0 Å². The maximum Gasteiger partial charge on any atom is 0.356 e. The summed E-state index contributed by atoms with van der Waals surface area (Å²) < 4.78 is 20.8. The minimum Gasteiger partial charge on any atom is -0.464 e. The number of methoxy groups -OCH3 is 1. The first-order valence-electron chi connectivity index (χ1n) is 7.45. The molecule has 2 heterocycles. The molecule has 0 spiro atoms. The summed E-state index contributed by atoms with van der Waals surface area (Å²) in [5.74, 6) is -0.926. The highest BCUT2D eigenvalue weighted by Gasteiger charge is 2.15. The van der Waals surface area contributed by atoms with Gasteiger partial charge in [0, 0.05) is 13.0 Å². The van der Waals surface area contributed by atoms with Gasteiger partial charge in [-0.2, -0.15) is 5.10 Å². The Bertz CT molecular complexity index is 870. The lowest BCUT2D eigenvalue weighted by molar-refractivity contribution is -0.134. The zero-order valence-corrected chi connectivity index (χ0v) is 13.4. The van der Waals surface area contributed by atoms with Gasteiger partial charge in [0.05, 0.1) is 19.0 Å². The van der Waals surface area contributed by atoms with Crippen LogP contribution >= 0.6 is 0 Å². The van der Waals surface area contributed by atoms with E-state index in [2.05, 4.69) is 20.4 Å². The molecular formula is C16H15FN6O2. The Kier molecular flexibility index (Phi) is 4.93. The van der Waals surface area contributed by atoms with Crippen LogP contribution in [0.3, 0.4) is 0 Å². The van der Waals surface area contributed by atoms with Crippen LogP contribution in [0.25, 0.3) is 11.8 Å². The standard InChI is InChI=1S/C16H15FN6O2/c1-25-16(24)15(8-12-2-4-13(17)5-3-12)23-9-14(20-21-23)6-7-22-11-18-10-19-22/h2-5,8-11H,6-7H2,1H3/b15-8-. The van der Waals surface area contributed by atoms with Crippen molar-refractivity contribution in [3.05, 3.63) is 60.2 Å². The lowest BCUT2D eigenvalue weighted by Crippen LogP contribution is -2.11. The largest absolute Gasteiger partial charge is 0.464 e. The SMILES string of the molecule is COC(=O)/C(=C/c1ccc(F)cc1)n1cc(CCn2cncn2)nn1. The van der Waals surface area contributed by atoms with Gasteiger partial charge < -0.3 is 4.74 Å². The molecule has 1 aromatic carbocycles. The summed E-state index contributed by atoms with van der Waals surface area (Å²) in [5.41, 5.74) is 1.50. The van der Waals surface area contributed by atoms with Crippen molar-refractivity contribution in [2.75, 3.05) is 7.11 Å². The number of carbonyl (C=O) groups is 1. The molecule has 0 bridgehead atoms. The molecule has 0 amide bonds. The van der Waals surface area contributed by atoms with Crippen molar-refractivity contribution in [3.63, 3.8) is 0 Å².